The number of nitrogens with two attached hydrogens (primary N) is 1. The minimum atomic E-state index is 0.783. The second kappa shape index (κ2) is 5.47. The quantitative estimate of drug-likeness (QED) is 0.863. The summed E-state index contributed by atoms with van der Waals surface area (Å²) >= 11 is 5.16. The first-order valence-corrected chi connectivity index (χ1v) is 6.67. The summed E-state index contributed by atoms with van der Waals surface area (Å²) in [5.74, 6) is 0.839. The zero-order valence-electron chi connectivity index (χ0n) is 9.31. The van der Waals surface area contributed by atoms with Crippen LogP contribution in [-0.2, 0) is 0 Å². The number of hydrogen-bond acceptors (Lipinski definition) is 3. The maximum Gasteiger partial charge on any atom is 0.133 e. The van der Waals surface area contributed by atoms with Gasteiger partial charge in [-0.15, -0.1) is 0 Å². The van der Waals surface area contributed by atoms with Gasteiger partial charge in [-0.3, -0.25) is 0 Å². The second-order valence-corrected chi connectivity index (χ2v) is 5.47. The van der Waals surface area contributed by atoms with Gasteiger partial charge in [0, 0.05) is 15.5 Å². The third kappa shape index (κ3) is 3.17. The highest BCUT2D eigenvalue weighted by Crippen LogP contribution is 2.33. The molecule has 0 unspecified atom stereocenters. The Labute approximate surface area is 113 Å². The molecule has 17 heavy (non-hydrogen) atoms. The minimum absolute atomic E-state index is 0.783. The smallest absolute Gasteiger partial charge is 0.133 e. The molecule has 0 radical (unpaired) electrons. The van der Waals surface area contributed by atoms with Crippen LogP contribution in [-0.4, -0.2) is 7.11 Å². The molecular formula is C13H12BrNOS. The van der Waals surface area contributed by atoms with Gasteiger partial charge in [0.25, 0.3) is 0 Å². The first kappa shape index (κ1) is 12.3. The van der Waals surface area contributed by atoms with E-state index in [1.165, 1.54) is 0 Å². The van der Waals surface area contributed by atoms with E-state index in [9.17, 15) is 0 Å². The first-order valence-electron chi connectivity index (χ1n) is 5.06. The van der Waals surface area contributed by atoms with Crippen LogP contribution in [0.2, 0.25) is 0 Å². The van der Waals surface area contributed by atoms with Crippen LogP contribution in [0.15, 0.2) is 56.7 Å². The van der Waals surface area contributed by atoms with Crippen molar-refractivity contribution in [2.45, 2.75) is 9.79 Å². The van der Waals surface area contributed by atoms with Crippen molar-refractivity contribution >= 4 is 33.4 Å². The normalized spacial score (nSPS) is 10.2. The zero-order valence-corrected chi connectivity index (χ0v) is 11.7. The lowest BCUT2D eigenvalue weighted by Gasteiger charge is -2.06. The number of hydrogen-bond donors (Lipinski definition) is 1. The molecule has 0 aliphatic carbocycles. The summed E-state index contributed by atoms with van der Waals surface area (Å²) in [5, 5.41) is 0. The fraction of sp³-hybridized carbons (Fsp3) is 0.0769. The Kier molecular flexibility index (Phi) is 3.97. The molecule has 2 N–H and O–H groups in total. The highest BCUT2D eigenvalue weighted by atomic mass is 79.9. The first-order chi connectivity index (χ1) is 8.19. The van der Waals surface area contributed by atoms with Gasteiger partial charge in [0.15, 0.2) is 0 Å². The summed E-state index contributed by atoms with van der Waals surface area (Å²) in [6, 6.07) is 13.9. The largest absolute Gasteiger partial charge is 0.496 e. The van der Waals surface area contributed by atoms with Crippen LogP contribution in [0.4, 0.5) is 5.69 Å². The predicted molar refractivity (Wildman–Crippen MR) is 75.7 cm³/mol. The molecule has 0 aromatic heterocycles. The SMILES string of the molecule is COc1ccc(Sc2ccc(N)cc2)cc1Br. The molecule has 0 amide bonds. The molecule has 0 aliphatic heterocycles. The van der Waals surface area contributed by atoms with Gasteiger partial charge in [0.1, 0.15) is 5.75 Å². The standard InChI is InChI=1S/C13H12BrNOS/c1-16-13-7-6-11(8-12(13)14)17-10-4-2-9(15)3-5-10/h2-8H,15H2,1H3. The Bertz CT molecular complexity index is 513. The van der Waals surface area contributed by atoms with Gasteiger partial charge in [-0.2, -0.15) is 0 Å². The van der Waals surface area contributed by atoms with Crippen molar-refractivity contribution < 1.29 is 4.74 Å². The predicted octanol–water partition coefficient (Wildman–Crippen LogP) is 4.19. The van der Waals surface area contributed by atoms with Crippen LogP contribution in [0.25, 0.3) is 0 Å². The van der Waals surface area contributed by atoms with Crippen molar-refractivity contribution in [3.05, 3.63) is 46.9 Å². The third-order valence-electron chi connectivity index (χ3n) is 2.24. The molecular weight excluding hydrogens is 298 g/mol. The minimum Gasteiger partial charge on any atom is -0.496 e. The van der Waals surface area contributed by atoms with Crippen molar-refractivity contribution in [2.24, 2.45) is 0 Å². The maximum atomic E-state index is 5.65. The zero-order chi connectivity index (χ0) is 12.3. The van der Waals surface area contributed by atoms with Gasteiger partial charge >= 0.3 is 0 Å². The molecule has 0 atom stereocenters. The van der Waals surface area contributed by atoms with Crippen molar-refractivity contribution in [3.63, 3.8) is 0 Å². The Hall–Kier alpha value is -1.13. The molecule has 2 aromatic carbocycles. The average Bonchev–Trinajstić information content (AvgIpc) is 2.32. The van der Waals surface area contributed by atoms with Crippen molar-refractivity contribution in [1.82, 2.24) is 0 Å². The fourth-order valence-corrected chi connectivity index (χ4v) is 2.93. The van der Waals surface area contributed by atoms with E-state index in [1.807, 2.05) is 42.5 Å². The van der Waals surface area contributed by atoms with Gasteiger partial charge in [-0.1, -0.05) is 11.8 Å². The lowest BCUT2D eigenvalue weighted by molar-refractivity contribution is 0.412. The summed E-state index contributed by atoms with van der Waals surface area (Å²) in [5.41, 5.74) is 6.43. The van der Waals surface area contributed by atoms with E-state index in [4.69, 9.17) is 10.5 Å². The number of anilines is 1. The lowest BCUT2D eigenvalue weighted by atomic mass is 10.3. The molecule has 0 saturated heterocycles. The van der Waals surface area contributed by atoms with E-state index in [-0.39, 0.29) is 0 Å². The van der Waals surface area contributed by atoms with E-state index in [0.717, 1.165) is 25.7 Å². The number of methoxy groups -OCH3 is 1. The van der Waals surface area contributed by atoms with Crippen LogP contribution in [0.1, 0.15) is 0 Å². The number of halogens is 1. The van der Waals surface area contributed by atoms with Crippen LogP contribution in [0, 0.1) is 0 Å². The summed E-state index contributed by atoms with van der Waals surface area (Å²) in [4.78, 5) is 2.32. The van der Waals surface area contributed by atoms with E-state index < -0.39 is 0 Å². The van der Waals surface area contributed by atoms with Crippen LogP contribution < -0.4 is 10.5 Å². The van der Waals surface area contributed by atoms with E-state index >= 15 is 0 Å². The Morgan fingerprint density at radius 1 is 1.06 bits per heavy atom. The van der Waals surface area contributed by atoms with Gasteiger partial charge in [-0.25, -0.2) is 0 Å². The summed E-state index contributed by atoms with van der Waals surface area (Å²) in [6.45, 7) is 0. The van der Waals surface area contributed by atoms with Gasteiger partial charge in [-0.05, 0) is 58.4 Å². The fourth-order valence-electron chi connectivity index (χ4n) is 1.38. The van der Waals surface area contributed by atoms with E-state index in [2.05, 4.69) is 15.9 Å². The van der Waals surface area contributed by atoms with Gasteiger partial charge in [0.2, 0.25) is 0 Å². The molecule has 88 valence electrons. The van der Waals surface area contributed by atoms with E-state index in [1.54, 1.807) is 18.9 Å². The summed E-state index contributed by atoms with van der Waals surface area (Å²) in [6.07, 6.45) is 0. The number of ether oxygens (including phenoxy) is 1. The van der Waals surface area contributed by atoms with Crippen molar-refractivity contribution in [3.8, 4) is 5.75 Å². The Balaban J connectivity index is 2.19. The molecule has 0 heterocycles. The monoisotopic (exact) mass is 309 g/mol. The molecule has 0 bridgehead atoms. The number of rotatable bonds is 3. The molecule has 0 fully saturated rings. The Morgan fingerprint density at radius 3 is 2.29 bits per heavy atom. The molecule has 2 aromatic rings. The number of benzene rings is 2. The van der Waals surface area contributed by atoms with Crippen LogP contribution in [0.3, 0.4) is 0 Å². The lowest BCUT2D eigenvalue weighted by Crippen LogP contribution is -1.85. The van der Waals surface area contributed by atoms with Crippen molar-refractivity contribution in [2.75, 3.05) is 12.8 Å². The number of nitrogen functional groups attached to an aromatic ring is 1. The molecule has 2 rings (SSSR count). The average molecular weight is 310 g/mol. The molecule has 0 aliphatic rings. The second-order valence-electron chi connectivity index (χ2n) is 3.47. The maximum absolute atomic E-state index is 5.65. The molecule has 4 heteroatoms. The van der Waals surface area contributed by atoms with Crippen LogP contribution in [0.5, 0.6) is 5.75 Å². The molecule has 0 saturated carbocycles. The van der Waals surface area contributed by atoms with Crippen LogP contribution >= 0.6 is 27.7 Å². The van der Waals surface area contributed by atoms with Gasteiger partial charge in [0.05, 0.1) is 11.6 Å². The Morgan fingerprint density at radius 2 is 1.71 bits per heavy atom. The highest BCUT2D eigenvalue weighted by Gasteiger charge is 2.02. The molecule has 2 nitrogen and oxygen atoms in total. The third-order valence-corrected chi connectivity index (χ3v) is 3.86. The molecule has 0 spiro atoms. The van der Waals surface area contributed by atoms with E-state index in [0.29, 0.717) is 0 Å². The highest BCUT2D eigenvalue weighted by molar-refractivity contribution is 9.10. The topological polar surface area (TPSA) is 35.2 Å². The van der Waals surface area contributed by atoms with Gasteiger partial charge < -0.3 is 10.5 Å². The summed E-state index contributed by atoms with van der Waals surface area (Å²) in [7, 11) is 1.66. The summed E-state index contributed by atoms with van der Waals surface area (Å²) < 4.78 is 6.15. The van der Waals surface area contributed by atoms with Crippen molar-refractivity contribution in [1.29, 1.82) is 0 Å².